The molecule has 0 aliphatic heterocycles. The van der Waals surface area contributed by atoms with Crippen LogP contribution in [0.4, 0.5) is 0 Å². The predicted molar refractivity (Wildman–Crippen MR) is 60.7 cm³/mol. The van der Waals surface area contributed by atoms with Gasteiger partial charge in [0.15, 0.2) is 4.96 Å². The molecule has 0 amide bonds. The second-order valence-corrected chi connectivity index (χ2v) is 5.23. The van der Waals surface area contributed by atoms with Crippen LogP contribution in [0.5, 0.6) is 0 Å². The van der Waals surface area contributed by atoms with E-state index in [-0.39, 0.29) is 5.60 Å². The first-order valence-corrected chi connectivity index (χ1v) is 5.74. The minimum absolute atomic E-state index is 0.170. The van der Waals surface area contributed by atoms with Gasteiger partial charge in [-0.3, -0.25) is 9.24 Å². The highest BCUT2D eigenvalue weighted by Crippen LogP contribution is 2.11. The number of imidazole rings is 1. The zero-order chi connectivity index (χ0) is 10.9. The average Bonchev–Trinajstić information content (AvgIpc) is 2.60. The molecule has 0 aliphatic rings. The van der Waals surface area contributed by atoms with Crippen molar-refractivity contribution in [3.8, 4) is 0 Å². The molecule has 2 rings (SSSR count). The number of aromatic nitrogens is 2. The van der Waals surface area contributed by atoms with Gasteiger partial charge in [0.2, 0.25) is 0 Å². The van der Waals surface area contributed by atoms with E-state index in [2.05, 4.69) is 10.5 Å². The second kappa shape index (κ2) is 3.92. The summed E-state index contributed by atoms with van der Waals surface area (Å²) in [4.78, 5) is 10.9. The van der Waals surface area contributed by atoms with Gasteiger partial charge in [-0.05, 0) is 20.8 Å². The summed E-state index contributed by atoms with van der Waals surface area (Å²) < 4.78 is 2.01. The van der Waals surface area contributed by atoms with Gasteiger partial charge in [0, 0.05) is 17.8 Å². The summed E-state index contributed by atoms with van der Waals surface area (Å²) in [7, 11) is 0. The number of nitrogens with one attached hydrogen (secondary N) is 1. The highest BCUT2D eigenvalue weighted by atomic mass is 32.1. The largest absolute Gasteiger partial charge is 0.297 e. The first kappa shape index (κ1) is 10.6. The van der Waals surface area contributed by atoms with Crippen LogP contribution in [-0.2, 0) is 11.4 Å². The smallest absolute Gasteiger partial charge is 0.193 e. The molecule has 0 saturated carbocycles. The van der Waals surface area contributed by atoms with Crippen LogP contribution in [0.2, 0.25) is 0 Å². The molecule has 0 radical (unpaired) electrons. The number of nitrogens with zero attached hydrogens (tertiary/aromatic N) is 2. The molecular weight excluding hydrogens is 210 g/mol. The van der Waals surface area contributed by atoms with Crippen molar-refractivity contribution in [1.29, 1.82) is 0 Å². The van der Waals surface area contributed by atoms with Gasteiger partial charge in [-0.1, -0.05) is 0 Å². The molecule has 2 aromatic heterocycles. The van der Waals surface area contributed by atoms with Crippen molar-refractivity contribution < 1.29 is 4.84 Å². The summed E-state index contributed by atoms with van der Waals surface area (Å²) in [5.74, 6) is 0. The van der Waals surface area contributed by atoms with E-state index in [1.54, 1.807) is 11.3 Å². The lowest BCUT2D eigenvalue weighted by molar-refractivity contribution is -0.0761. The molecule has 1 N–H and O–H groups in total. The molecule has 0 aliphatic carbocycles. The fourth-order valence-corrected chi connectivity index (χ4v) is 1.91. The van der Waals surface area contributed by atoms with E-state index in [1.165, 1.54) is 0 Å². The molecule has 4 nitrogen and oxygen atoms in total. The molecule has 5 heteroatoms. The summed E-state index contributed by atoms with van der Waals surface area (Å²) in [6.45, 7) is 6.65. The van der Waals surface area contributed by atoms with E-state index in [9.17, 15) is 0 Å². The van der Waals surface area contributed by atoms with Gasteiger partial charge in [0.1, 0.15) is 0 Å². The molecule has 2 heterocycles. The Kier molecular flexibility index (Phi) is 2.77. The highest BCUT2D eigenvalue weighted by molar-refractivity contribution is 7.15. The minimum atomic E-state index is -0.170. The van der Waals surface area contributed by atoms with Gasteiger partial charge >= 0.3 is 0 Å². The Hall–Kier alpha value is -0.910. The van der Waals surface area contributed by atoms with Crippen molar-refractivity contribution >= 4 is 16.3 Å². The zero-order valence-electron chi connectivity index (χ0n) is 9.15. The maximum Gasteiger partial charge on any atom is 0.193 e. The molecule has 0 atom stereocenters. The fourth-order valence-electron chi connectivity index (χ4n) is 1.19. The SMILES string of the molecule is CC(C)(C)ONCc1cn2ccsc2n1. The van der Waals surface area contributed by atoms with Crippen LogP contribution < -0.4 is 5.48 Å². The standard InChI is InChI=1S/C10H15N3OS/c1-10(2,3)14-11-6-8-7-13-4-5-15-9(13)12-8/h4-5,7,11H,6H2,1-3H3. The van der Waals surface area contributed by atoms with E-state index in [0.29, 0.717) is 6.54 Å². The molecule has 0 spiro atoms. The quantitative estimate of drug-likeness (QED) is 0.814. The number of rotatable bonds is 3. The Morgan fingerprint density at radius 2 is 2.33 bits per heavy atom. The van der Waals surface area contributed by atoms with Gasteiger partial charge in [-0.15, -0.1) is 11.3 Å². The van der Waals surface area contributed by atoms with Crippen LogP contribution in [-0.4, -0.2) is 15.0 Å². The van der Waals surface area contributed by atoms with E-state index in [4.69, 9.17) is 4.84 Å². The van der Waals surface area contributed by atoms with E-state index in [0.717, 1.165) is 10.7 Å². The Bertz CT molecular complexity index is 412. The Balaban J connectivity index is 1.93. The maximum absolute atomic E-state index is 5.41. The van der Waals surface area contributed by atoms with E-state index in [1.807, 2.05) is 42.9 Å². The third-order valence-electron chi connectivity index (χ3n) is 1.77. The lowest BCUT2D eigenvalue weighted by Gasteiger charge is -2.18. The third kappa shape index (κ3) is 2.77. The summed E-state index contributed by atoms with van der Waals surface area (Å²) in [5.41, 5.74) is 3.74. The van der Waals surface area contributed by atoms with Crippen molar-refractivity contribution in [1.82, 2.24) is 14.9 Å². The number of fused-ring (bicyclic) bond motifs is 1. The Labute approximate surface area is 92.9 Å². The van der Waals surface area contributed by atoms with Gasteiger partial charge in [0.25, 0.3) is 0 Å². The molecule has 0 saturated heterocycles. The van der Waals surface area contributed by atoms with Gasteiger partial charge in [-0.25, -0.2) is 4.98 Å². The average molecular weight is 225 g/mol. The molecule has 0 fully saturated rings. The molecule has 0 bridgehead atoms. The lowest BCUT2D eigenvalue weighted by Crippen LogP contribution is -2.28. The van der Waals surface area contributed by atoms with Crippen LogP contribution in [0.25, 0.3) is 4.96 Å². The lowest BCUT2D eigenvalue weighted by atomic mass is 10.2. The summed E-state index contributed by atoms with van der Waals surface area (Å²) in [6.07, 6.45) is 4.01. The number of hydroxylamine groups is 1. The Morgan fingerprint density at radius 1 is 1.53 bits per heavy atom. The zero-order valence-corrected chi connectivity index (χ0v) is 9.97. The first-order chi connectivity index (χ1) is 7.04. The molecular formula is C10H15N3OS. The van der Waals surface area contributed by atoms with Crippen molar-refractivity contribution in [3.05, 3.63) is 23.5 Å². The van der Waals surface area contributed by atoms with Crippen LogP contribution >= 0.6 is 11.3 Å². The van der Waals surface area contributed by atoms with Gasteiger partial charge in [0.05, 0.1) is 17.8 Å². The van der Waals surface area contributed by atoms with Crippen molar-refractivity contribution in [2.75, 3.05) is 0 Å². The van der Waals surface area contributed by atoms with Crippen LogP contribution in [0.15, 0.2) is 17.8 Å². The Morgan fingerprint density at radius 3 is 3.00 bits per heavy atom. The third-order valence-corrected chi connectivity index (χ3v) is 2.55. The number of thiazole rings is 1. The molecule has 0 unspecified atom stereocenters. The number of hydrogen-bond donors (Lipinski definition) is 1. The normalized spacial score (nSPS) is 12.5. The van der Waals surface area contributed by atoms with Gasteiger partial charge < -0.3 is 0 Å². The molecule has 0 aromatic carbocycles. The predicted octanol–water partition coefficient (Wildman–Crippen LogP) is 2.22. The topological polar surface area (TPSA) is 38.6 Å². The summed E-state index contributed by atoms with van der Waals surface area (Å²) in [5, 5.41) is 2.02. The maximum atomic E-state index is 5.41. The monoisotopic (exact) mass is 225 g/mol. The molecule has 15 heavy (non-hydrogen) atoms. The molecule has 2 aromatic rings. The first-order valence-electron chi connectivity index (χ1n) is 4.86. The molecule has 82 valence electrons. The minimum Gasteiger partial charge on any atom is -0.297 e. The van der Waals surface area contributed by atoms with Crippen LogP contribution in [0, 0.1) is 0 Å². The number of hydrogen-bond acceptors (Lipinski definition) is 4. The fraction of sp³-hybridized carbons (Fsp3) is 0.500. The van der Waals surface area contributed by atoms with Crippen LogP contribution in [0.1, 0.15) is 26.5 Å². The van der Waals surface area contributed by atoms with Crippen molar-refractivity contribution in [2.24, 2.45) is 0 Å². The van der Waals surface area contributed by atoms with Crippen molar-refractivity contribution in [3.63, 3.8) is 0 Å². The summed E-state index contributed by atoms with van der Waals surface area (Å²) >= 11 is 1.63. The van der Waals surface area contributed by atoms with Gasteiger partial charge in [-0.2, -0.15) is 5.48 Å². The summed E-state index contributed by atoms with van der Waals surface area (Å²) in [6, 6.07) is 0. The second-order valence-electron chi connectivity index (χ2n) is 4.36. The van der Waals surface area contributed by atoms with Crippen LogP contribution in [0.3, 0.4) is 0 Å². The van der Waals surface area contributed by atoms with E-state index >= 15 is 0 Å². The van der Waals surface area contributed by atoms with Crippen molar-refractivity contribution in [2.45, 2.75) is 32.9 Å². The highest BCUT2D eigenvalue weighted by Gasteiger charge is 2.10. The van der Waals surface area contributed by atoms with E-state index < -0.39 is 0 Å².